The second-order valence-corrected chi connectivity index (χ2v) is 4.95. The van der Waals surface area contributed by atoms with E-state index in [1.807, 2.05) is 13.8 Å². The van der Waals surface area contributed by atoms with Crippen molar-refractivity contribution in [2.24, 2.45) is 0 Å². The van der Waals surface area contributed by atoms with Crippen LogP contribution < -0.4 is 15.4 Å². The van der Waals surface area contributed by atoms with Crippen molar-refractivity contribution >= 4 is 11.9 Å². The van der Waals surface area contributed by atoms with Crippen LogP contribution in [0.3, 0.4) is 0 Å². The third-order valence-corrected chi connectivity index (χ3v) is 3.28. The van der Waals surface area contributed by atoms with E-state index in [-0.39, 0.29) is 0 Å². The van der Waals surface area contributed by atoms with E-state index in [2.05, 4.69) is 37.5 Å². The molecule has 20 heavy (non-hydrogen) atoms. The third-order valence-electron chi connectivity index (χ3n) is 3.28. The standard InChI is InChI=1S/C13H24N6O/c1-4-14-11-16-12(18-13(17-11)20-5-2)15-10-6-8-19(3)9-7-10/h10H,4-9H2,1-3H3,(H2,14,15,16,17,18). The third kappa shape index (κ3) is 4.19. The fourth-order valence-electron chi connectivity index (χ4n) is 2.19. The summed E-state index contributed by atoms with van der Waals surface area (Å²) in [5, 5.41) is 6.49. The van der Waals surface area contributed by atoms with Crippen LogP contribution in [0.5, 0.6) is 6.01 Å². The Bertz CT molecular complexity index is 395. The smallest absolute Gasteiger partial charge is 0.323 e. The van der Waals surface area contributed by atoms with Gasteiger partial charge in [-0.15, -0.1) is 0 Å². The van der Waals surface area contributed by atoms with Gasteiger partial charge in [0.25, 0.3) is 0 Å². The maximum Gasteiger partial charge on any atom is 0.323 e. The zero-order valence-corrected chi connectivity index (χ0v) is 12.5. The molecule has 7 heteroatoms. The highest BCUT2D eigenvalue weighted by Crippen LogP contribution is 2.16. The summed E-state index contributed by atoms with van der Waals surface area (Å²) in [6.07, 6.45) is 2.20. The summed E-state index contributed by atoms with van der Waals surface area (Å²) in [7, 11) is 2.15. The van der Waals surface area contributed by atoms with Crippen LogP contribution in [-0.2, 0) is 0 Å². The lowest BCUT2D eigenvalue weighted by molar-refractivity contribution is 0.263. The predicted molar refractivity (Wildman–Crippen MR) is 79.3 cm³/mol. The Hall–Kier alpha value is -1.63. The molecule has 0 aliphatic carbocycles. The SMILES string of the molecule is CCNc1nc(NC2CCN(C)CC2)nc(OCC)n1. The number of rotatable bonds is 6. The molecule has 0 aromatic carbocycles. The van der Waals surface area contributed by atoms with Crippen molar-refractivity contribution in [3.63, 3.8) is 0 Å². The predicted octanol–water partition coefficient (Wildman–Crippen LogP) is 1.21. The van der Waals surface area contributed by atoms with Crippen molar-refractivity contribution in [2.75, 3.05) is 43.9 Å². The molecule has 1 saturated heterocycles. The summed E-state index contributed by atoms with van der Waals surface area (Å²) in [6.45, 7) is 7.43. The van der Waals surface area contributed by atoms with Gasteiger partial charge in [-0.3, -0.25) is 0 Å². The van der Waals surface area contributed by atoms with E-state index in [1.54, 1.807) is 0 Å². The van der Waals surface area contributed by atoms with Crippen molar-refractivity contribution < 1.29 is 4.74 Å². The molecular weight excluding hydrogens is 256 g/mol. The monoisotopic (exact) mass is 280 g/mol. The van der Waals surface area contributed by atoms with Crippen LogP contribution in [0.1, 0.15) is 26.7 Å². The minimum atomic E-state index is 0.369. The Labute approximate surface area is 120 Å². The summed E-state index contributed by atoms with van der Waals surface area (Å²) in [5.74, 6) is 1.15. The van der Waals surface area contributed by atoms with E-state index in [1.165, 1.54) is 0 Å². The van der Waals surface area contributed by atoms with Crippen LogP contribution in [0.15, 0.2) is 0 Å². The van der Waals surface area contributed by atoms with Crippen LogP contribution >= 0.6 is 0 Å². The Morgan fingerprint density at radius 1 is 1.15 bits per heavy atom. The van der Waals surface area contributed by atoms with Crippen molar-refractivity contribution in [2.45, 2.75) is 32.7 Å². The molecular formula is C13H24N6O. The first kappa shape index (κ1) is 14.8. The maximum absolute atomic E-state index is 5.39. The molecule has 2 N–H and O–H groups in total. The molecule has 0 spiro atoms. The summed E-state index contributed by atoms with van der Waals surface area (Å²) in [5.41, 5.74) is 0. The number of aromatic nitrogens is 3. The molecule has 1 aromatic rings. The van der Waals surface area contributed by atoms with Gasteiger partial charge in [-0.25, -0.2) is 0 Å². The van der Waals surface area contributed by atoms with Gasteiger partial charge in [0.05, 0.1) is 6.61 Å². The van der Waals surface area contributed by atoms with E-state index in [0.717, 1.165) is 32.5 Å². The number of anilines is 2. The lowest BCUT2D eigenvalue weighted by Crippen LogP contribution is -2.37. The van der Waals surface area contributed by atoms with Gasteiger partial charge in [0.1, 0.15) is 0 Å². The molecule has 2 rings (SSSR count). The highest BCUT2D eigenvalue weighted by Gasteiger charge is 2.18. The molecule has 1 aliphatic rings. The minimum Gasteiger partial charge on any atom is -0.464 e. The summed E-state index contributed by atoms with van der Waals surface area (Å²) in [6, 6.07) is 0.784. The Kier molecular flexibility index (Phi) is 5.34. The first-order chi connectivity index (χ1) is 9.71. The summed E-state index contributed by atoms with van der Waals surface area (Å²) < 4.78 is 5.39. The molecule has 0 atom stereocenters. The zero-order valence-electron chi connectivity index (χ0n) is 12.5. The van der Waals surface area contributed by atoms with Gasteiger partial charge >= 0.3 is 6.01 Å². The molecule has 112 valence electrons. The Morgan fingerprint density at radius 2 is 1.85 bits per heavy atom. The van der Waals surface area contributed by atoms with Gasteiger partial charge in [-0.2, -0.15) is 15.0 Å². The van der Waals surface area contributed by atoms with Gasteiger partial charge < -0.3 is 20.3 Å². The molecule has 0 saturated carbocycles. The van der Waals surface area contributed by atoms with Crippen LogP contribution in [0.2, 0.25) is 0 Å². The number of ether oxygens (including phenoxy) is 1. The minimum absolute atomic E-state index is 0.369. The van der Waals surface area contributed by atoms with Crippen molar-refractivity contribution in [3.05, 3.63) is 0 Å². The maximum atomic E-state index is 5.39. The van der Waals surface area contributed by atoms with Gasteiger partial charge in [0.15, 0.2) is 0 Å². The average molecular weight is 280 g/mol. The lowest BCUT2D eigenvalue weighted by atomic mass is 10.1. The molecule has 1 aromatic heterocycles. The number of nitrogens with zero attached hydrogens (tertiary/aromatic N) is 4. The first-order valence-corrected chi connectivity index (χ1v) is 7.29. The van der Waals surface area contributed by atoms with Crippen molar-refractivity contribution in [3.8, 4) is 6.01 Å². The normalized spacial score (nSPS) is 16.9. The Balaban J connectivity index is 2.05. The van der Waals surface area contributed by atoms with Gasteiger partial charge in [0.2, 0.25) is 11.9 Å². The molecule has 1 fully saturated rings. The largest absolute Gasteiger partial charge is 0.464 e. The fourth-order valence-corrected chi connectivity index (χ4v) is 2.19. The first-order valence-electron chi connectivity index (χ1n) is 7.29. The highest BCUT2D eigenvalue weighted by atomic mass is 16.5. The number of piperidine rings is 1. The number of likely N-dealkylation sites (tertiary alicyclic amines) is 1. The molecule has 7 nitrogen and oxygen atoms in total. The van der Waals surface area contributed by atoms with E-state index >= 15 is 0 Å². The zero-order chi connectivity index (χ0) is 14.4. The molecule has 0 amide bonds. The van der Waals surface area contributed by atoms with E-state index in [4.69, 9.17) is 4.74 Å². The van der Waals surface area contributed by atoms with E-state index in [0.29, 0.717) is 30.6 Å². The average Bonchev–Trinajstić information content (AvgIpc) is 2.42. The number of hydrogen-bond donors (Lipinski definition) is 2. The van der Waals surface area contributed by atoms with E-state index in [9.17, 15) is 0 Å². The summed E-state index contributed by atoms with van der Waals surface area (Å²) in [4.78, 5) is 15.2. The topological polar surface area (TPSA) is 75.2 Å². The number of nitrogens with one attached hydrogen (secondary N) is 2. The molecule has 0 radical (unpaired) electrons. The second kappa shape index (κ2) is 7.23. The Morgan fingerprint density at radius 3 is 2.50 bits per heavy atom. The fraction of sp³-hybridized carbons (Fsp3) is 0.769. The quantitative estimate of drug-likeness (QED) is 0.811. The molecule has 0 unspecified atom stereocenters. The van der Waals surface area contributed by atoms with Crippen molar-refractivity contribution in [1.29, 1.82) is 0 Å². The lowest BCUT2D eigenvalue weighted by Gasteiger charge is -2.29. The van der Waals surface area contributed by atoms with Crippen LogP contribution in [0, 0.1) is 0 Å². The van der Waals surface area contributed by atoms with Crippen LogP contribution in [-0.4, -0.2) is 59.2 Å². The van der Waals surface area contributed by atoms with E-state index < -0.39 is 0 Å². The van der Waals surface area contributed by atoms with Crippen LogP contribution in [0.25, 0.3) is 0 Å². The highest BCUT2D eigenvalue weighted by molar-refractivity contribution is 5.36. The molecule has 0 bridgehead atoms. The van der Waals surface area contributed by atoms with Crippen molar-refractivity contribution in [1.82, 2.24) is 19.9 Å². The molecule has 2 heterocycles. The second-order valence-electron chi connectivity index (χ2n) is 4.95. The number of hydrogen-bond acceptors (Lipinski definition) is 7. The molecule has 1 aliphatic heterocycles. The summed E-state index contributed by atoms with van der Waals surface area (Å²) >= 11 is 0. The van der Waals surface area contributed by atoms with Gasteiger partial charge in [-0.05, 0) is 46.8 Å². The van der Waals surface area contributed by atoms with Crippen LogP contribution in [0.4, 0.5) is 11.9 Å². The van der Waals surface area contributed by atoms with Gasteiger partial charge in [0, 0.05) is 12.6 Å². The van der Waals surface area contributed by atoms with Gasteiger partial charge in [-0.1, -0.05) is 0 Å².